The Labute approximate surface area is 139 Å². The van der Waals surface area contributed by atoms with Gasteiger partial charge < -0.3 is 13.6 Å². The van der Waals surface area contributed by atoms with Gasteiger partial charge in [0.1, 0.15) is 23.8 Å². The summed E-state index contributed by atoms with van der Waals surface area (Å²) >= 11 is 0. The molecule has 0 spiro atoms. The molecule has 0 N–H and O–H groups in total. The number of ether oxygens (including phenoxy) is 1. The maximum absolute atomic E-state index is 12.0. The molecule has 5 nitrogen and oxygen atoms in total. The molecule has 0 fully saturated rings. The molecule has 0 unspecified atom stereocenters. The van der Waals surface area contributed by atoms with Crippen molar-refractivity contribution < 1.29 is 13.6 Å². The van der Waals surface area contributed by atoms with Crippen LogP contribution >= 0.6 is 0 Å². The van der Waals surface area contributed by atoms with Gasteiger partial charge in [0, 0.05) is 18.0 Å². The Bertz CT molecular complexity index is 911. The predicted molar refractivity (Wildman–Crippen MR) is 89.9 cm³/mol. The lowest BCUT2D eigenvalue weighted by molar-refractivity contribution is 0.0826. The summed E-state index contributed by atoms with van der Waals surface area (Å²) < 4.78 is 16.8. The van der Waals surface area contributed by atoms with Crippen LogP contribution in [0.15, 0.2) is 50.2 Å². The van der Waals surface area contributed by atoms with E-state index in [0.29, 0.717) is 25.4 Å². The molecular formula is C19H19NO4. The minimum atomic E-state index is -0.303. The van der Waals surface area contributed by atoms with Gasteiger partial charge in [0.25, 0.3) is 0 Å². The Morgan fingerprint density at radius 1 is 1.25 bits per heavy atom. The molecule has 0 aliphatic carbocycles. The molecule has 1 aliphatic heterocycles. The number of hydrogen-bond donors (Lipinski definition) is 0. The average Bonchev–Trinajstić information content (AvgIpc) is 3.08. The van der Waals surface area contributed by atoms with Gasteiger partial charge in [-0.3, -0.25) is 4.90 Å². The highest BCUT2D eigenvalue weighted by molar-refractivity contribution is 5.85. The van der Waals surface area contributed by atoms with Crippen molar-refractivity contribution in [2.75, 3.05) is 6.73 Å². The molecule has 0 amide bonds. The summed E-state index contributed by atoms with van der Waals surface area (Å²) in [4.78, 5) is 14.1. The molecule has 0 saturated heterocycles. The van der Waals surface area contributed by atoms with Crippen LogP contribution < -0.4 is 10.4 Å². The number of benzene rings is 1. The van der Waals surface area contributed by atoms with Crippen molar-refractivity contribution in [2.24, 2.45) is 0 Å². The van der Waals surface area contributed by atoms with Crippen LogP contribution in [0.1, 0.15) is 30.2 Å². The molecule has 1 aromatic carbocycles. The minimum absolute atomic E-state index is 0.303. The van der Waals surface area contributed by atoms with Crippen molar-refractivity contribution in [1.82, 2.24) is 4.90 Å². The lowest BCUT2D eigenvalue weighted by Gasteiger charge is -2.28. The Morgan fingerprint density at radius 3 is 2.96 bits per heavy atom. The first kappa shape index (κ1) is 15.0. The zero-order chi connectivity index (χ0) is 16.5. The summed E-state index contributed by atoms with van der Waals surface area (Å²) in [5, 5.41) is 0.999. The SMILES string of the molecule is CCCc1cc(=O)oc2c3c(ccc12)OCN(Cc1ccco1)C3. The van der Waals surface area contributed by atoms with Crippen molar-refractivity contribution in [3.05, 3.63) is 63.9 Å². The van der Waals surface area contributed by atoms with Gasteiger partial charge >= 0.3 is 5.63 Å². The Balaban J connectivity index is 1.75. The number of furan rings is 1. The highest BCUT2D eigenvalue weighted by atomic mass is 16.5. The quantitative estimate of drug-likeness (QED) is 0.685. The summed E-state index contributed by atoms with van der Waals surface area (Å²) in [5.41, 5.74) is 2.31. The van der Waals surface area contributed by atoms with E-state index in [1.54, 1.807) is 12.3 Å². The minimum Gasteiger partial charge on any atom is -0.478 e. The van der Waals surface area contributed by atoms with Crippen molar-refractivity contribution in [3.8, 4) is 5.75 Å². The van der Waals surface area contributed by atoms with E-state index >= 15 is 0 Å². The normalized spacial score (nSPS) is 14.5. The van der Waals surface area contributed by atoms with Crippen LogP contribution in [0.4, 0.5) is 0 Å². The molecule has 4 rings (SSSR count). The Morgan fingerprint density at radius 2 is 2.17 bits per heavy atom. The lowest BCUT2D eigenvalue weighted by Crippen LogP contribution is -2.31. The highest BCUT2D eigenvalue weighted by Gasteiger charge is 2.23. The standard InChI is InChI=1S/C19H19NO4/c1-2-4-13-9-18(21)24-19-15(13)6-7-17-16(19)11-20(12-23-17)10-14-5-3-8-22-14/h3,5-9H,2,4,10-12H2,1H3. The molecular weight excluding hydrogens is 306 g/mol. The van der Waals surface area contributed by atoms with Crippen LogP contribution in [0.2, 0.25) is 0 Å². The van der Waals surface area contributed by atoms with Gasteiger partial charge in [0.05, 0.1) is 18.4 Å². The van der Waals surface area contributed by atoms with Crippen molar-refractivity contribution in [1.29, 1.82) is 0 Å². The third-order valence-corrected chi connectivity index (χ3v) is 4.32. The van der Waals surface area contributed by atoms with E-state index in [0.717, 1.165) is 40.9 Å². The number of nitrogens with zero attached hydrogens (tertiary/aromatic N) is 1. The van der Waals surface area contributed by atoms with E-state index in [-0.39, 0.29) is 5.63 Å². The molecule has 2 aromatic heterocycles. The van der Waals surface area contributed by atoms with Crippen LogP contribution in [0, 0.1) is 0 Å². The van der Waals surface area contributed by atoms with Crippen LogP contribution in [0.25, 0.3) is 11.0 Å². The zero-order valence-electron chi connectivity index (χ0n) is 13.6. The molecule has 3 aromatic rings. The summed E-state index contributed by atoms with van der Waals surface area (Å²) in [6.45, 7) is 3.90. The van der Waals surface area contributed by atoms with E-state index in [2.05, 4.69) is 11.8 Å². The van der Waals surface area contributed by atoms with Crippen LogP contribution in [-0.4, -0.2) is 11.6 Å². The van der Waals surface area contributed by atoms with Crippen molar-refractivity contribution in [2.45, 2.75) is 32.9 Å². The van der Waals surface area contributed by atoms with E-state index in [4.69, 9.17) is 13.6 Å². The maximum Gasteiger partial charge on any atom is 0.336 e. The van der Waals surface area contributed by atoms with Gasteiger partial charge in [-0.1, -0.05) is 13.3 Å². The maximum atomic E-state index is 12.0. The van der Waals surface area contributed by atoms with Gasteiger partial charge in [0.15, 0.2) is 0 Å². The van der Waals surface area contributed by atoms with Crippen molar-refractivity contribution >= 4 is 11.0 Å². The van der Waals surface area contributed by atoms with Crippen LogP contribution in [0.3, 0.4) is 0 Å². The first-order valence-electron chi connectivity index (χ1n) is 8.20. The smallest absolute Gasteiger partial charge is 0.336 e. The molecule has 5 heteroatoms. The molecule has 24 heavy (non-hydrogen) atoms. The van der Waals surface area contributed by atoms with Gasteiger partial charge in [-0.25, -0.2) is 4.79 Å². The Hall–Kier alpha value is -2.53. The number of aryl methyl sites for hydroxylation is 1. The third-order valence-electron chi connectivity index (χ3n) is 4.32. The average molecular weight is 325 g/mol. The third kappa shape index (κ3) is 2.71. The molecule has 0 atom stereocenters. The predicted octanol–water partition coefficient (Wildman–Crippen LogP) is 3.69. The fourth-order valence-electron chi connectivity index (χ4n) is 3.24. The topological polar surface area (TPSA) is 55.8 Å². The second-order valence-electron chi connectivity index (χ2n) is 6.10. The summed E-state index contributed by atoms with van der Waals surface area (Å²) in [7, 11) is 0. The molecule has 1 aliphatic rings. The fourth-order valence-corrected chi connectivity index (χ4v) is 3.24. The summed E-state index contributed by atoms with van der Waals surface area (Å²) in [6, 6.07) is 9.38. The number of hydrogen-bond acceptors (Lipinski definition) is 5. The van der Waals surface area contributed by atoms with E-state index in [9.17, 15) is 4.79 Å². The molecule has 124 valence electrons. The first-order chi connectivity index (χ1) is 11.7. The summed E-state index contributed by atoms with van der Waals surface area (Å²) in [6.07, 6.45) is 3.51. The second kappa shape index (κ2) is 6.17. The van der Waals surface area contributed by atoms with Crippen LogP contribution in [-0.2, 0) is 19.5 Å². The zero-order valence-corrected chi connectivity index (χ0v) is 13.6. The van der Waals surface area contributed by atoms with E-state index in [1.807, 2.05) is 24.3 Å². The monoisotopic (exact) mass is 325 g/mol. The number of rotatable bonds is 4. The molecule has 3 heterocycles. The Kier molecular flexibility index (Phi) is 3.86. The first-order valence-corrected chi connectivity index (χ1v) is 8.20. The number of fused-ring (bicyclic) bond motifs is 3. The molecule has 0 saturated carbocycles. The molecule has 0 radical (unpaired) electrons. The summed E-state index contributed by atoms with van der Waals surface area (Å²) in [5.74, 6) is 1.67. The van der Waals surface area contributed by atoms with Crippen molar-refractivity contribution in [3.63, 3.8) is 0 Å². The highest BCUT2D eigenvalue weighted by Crippen LogP contribution is 2.33. The van der Waals surface area contributed by atoms with Crippen LogP contribution in [0.5, 0.6) is 5.75 Å². The van der Waals surface area contributed by atoms with E-state index < -0.39 is 0 Å². The van der Waals surface area contributed by atoms with Gasteiger partial charge in [-0.05, 0) is 36.2 Å². The van der Waals surface area contributed by atoms with Gasteiger partial charge in [0.2, 0.25) is 0 Å². The molecule has 0 bridgehead atoms. The largest absolute Gasteiger partial charge is 0.478 e. The van der Waals surface area contributed by atoms with Gasteiger partial charge in [-0.15, -0.1) is 0 Å². The van der Waals surface area contributed by atoms with Gasteiger partial charge in [-0.2, -0.15) is 0 Å². The second-order valence-corrected chi connectivity index (χ2v) is 6.10. The van der Waals surface area contributed by atoms with E-state index in [1.165, 1.54) is 0 Å². The fraction of sp³-hybridized carbons (Fsp3) is 0.316. The lowest BCUT2D eigenvalue weighted by atomic mass is 10.0.